The monoisotopic (exact) mass is 259 g/mol. The topological polar surface area (TPSA) is 46.1 Å². The maximum absolute atomic E-state index is 11.8. The Morgan fingerprint density at radius 2 is 2.12 bits per heavy atom. The Hall–Kier alpha value is -1.00. The summed E-state index contributed by atoms with van der Waals surface area (Å²) in [6.07, 6.45) is 0. The first-order valence-electron chi connectivity index (χ1n) is 5.70. The number of likely N-dealkylation sites (N-methyl/N-ethyl adjacent to an activating group) is 1. The van der Waals surface area contributed by atoms with Crippen LogP contribution in [0.4, 0.5) is 0 Å². The molecular weight excluding hydrogens is 238 g/mol. The highest BCUT2D eigenvalue weighted by Crippen LogP contribution is 2.05. The summed E-state index contributed by atoms with van der Waals surface area (Å²) in [6, 6.07) is 4.10. The fraction of sp³-hybridized carbons (Fsp3) is 0.583. The third-order valence-electron chi connectivity index (χ3n) is 2.73. The lowest BCUT2D eigenvalue weighted by molar-refractivity contribution is 0.0942. The highest BCUT2D eigenvalue weighted by molar-refractivity contribution is 5.92. The van der Waals surface area contributed by atoms with E-state index in [4.69, 9.17) is 0 Å². The lowest BCUT2D eigenvalue weighted by atomic mass is 10.3. The molecule has 0 bridgehead atoms. The summed E-state index contributed by atoms with van der Waals surface area (Å²) >= 11 is 0. The molecule has 2 N–H and O–H groups in total. The second-order valence-corrected chi connectivity index (χ2v) is 4.09. The summed E-state index contributed by atoms with van der Waals surface area (Å²) in [5.41, 5.74) is 1.80. The number of nitrogens with zero attached hydrogens (tertiary/aromatic N) is 1. The molecule has 1 heterocycles. The maximum Gasteiger partial charge on any atom is 0.267 e. The van der Waals surface area contributed by atoms with Gasteiger partial charge in [0.1, 0.15) is 5.69 Å². The first kappa shape index (κ1) is 16.0. The van der Waals surface area contributed by atoms with Crippen molar-refractivity contribution in [2.75, 3.05) is 13.1 Å². The van der Waals surface area contributed by atoms with Gasteiger partial charge in [0.05, 0.1) is 0 Å². The fourth-order valence-corrected chi connectivity index (χ4v) is 1.60. The van der Waals surface area contributed by atoms with Crippen molar-refractivity contribution < 1.29 is 4.79 Å². The zero-order valence-electron chi connectivity index (χ0n) is 10.9. The van der Waals surface area contributed by atoms with Crippen LogP contribution in [-0.4, -0.2) is 29.6 Å². The van der Waals surface area contributed by atoms with Crippen LogP contribution < -0.4 is 10.6 Å². The van der Waals surface area contributed by atoms with E-state index in [1.165, 1.54) is 0 Å². The minimum Gasteiger partial charge on any atom is -0.349 e. The minimum atomic E-state index is -0.0136. The number of hydrogen-bond donors (Lipinski definition) is 2. The molecule has 1 atom stereocenters. The zero-order valence-corrected chi connectivity index (χ0v) is 11.7. The molecule has 0 radical (unpaired) electrons. The van der Waals surface area contributed by atoms with E-state index in [9.17, 15) is 4.79 Å². The van der Waals surface area contributed by atoms with E-state index in [0.717, 1.165) is 12.2 Å². The number of rotatable bonds is 5. The third kappa shape index (κ3) is 4.40. The molecule has 0 unspecified atom stereocenters. The van der Waals surface area contributed by atoms with Crippen LogP contribution in [0.25, 0.3) is 0 Å². The van der Waals surface area contributed by atoms with Crippen molar-refractivity contribution in [3.05, 3.63) is 23.5 Å². The molecule has 4 nitrogen and oxygen atoms in total. The Bertz CT molecular complexity index is 363. The molecule has 0 saturated carbocycles. The number of halogens is 1. The highest BCUT2D eigenvalue weighted by Gasteiger charge is 2.11. The average Bonchev–Trinajstić information content (AvgIpc) is 2.57. The van der Waals surface area contributed by atoms with E-state index in [1.807, 2.05) is 30.7 Å². The van der Waals surface area contributed by atoms with Crippen molar-refractivity contribution in [1.82, 2.24) is 15.2 Å². The summed E-state index contributed by atoms with van der Waals surface area (Å²) in [4.78, 5) is 11.8. The van der Waals surface area contributed by atoms with Gasteiger partial charge in [-0.15, -0.1) is 12.4 Å². The largest absolute Gasteiger partial charge is 0.349 e. The van der Waals surface area contributed by atoms with E-state index >= 15 is 0 Å². The molecule has 1 amide bonds. The van der Waals surface area contributed by atoms with Crippen molar-refractivity contribution in [1.29, 1.82) is 0 Å². The zero-order chi connectivity index (χ0) is 12.1. The van der Waals surface area contributed by atoms with E-state index in [2.05, 4.69) is 24.5 Å². The standard InChI is InChI=1S/C12H21N3O.ClH/c1-5-13-9(2)8-14-12(16)11-7-6-10(3)15(11)4;/h6-7,9,13H,5,8H2,1-4H3,(H,14,16);1H/t9-;/m1./s1. The number of amides is 1. The van der Waals surface area contributed by atoms with Crippen molar-refractivity contribution in [2.45, 2.75) is 26.8 Å². The van der Waals surface area contributed by atoms with Gasteiger partial charge in [0, 0.05) is 25.3 Å². The van der Waals surface area contributed by atoms with Gasteiger partial charge in [-0.05, 0) is 32.5 Å². The Balaban J connectivity index is 0.00000256. The number of carbonyl (C=O) groups is 1. The molecule has 17 heavy (non-hydrogen) atoms. The van der Waals surface area contributed by atoms with Gasteiger partial charge in [-0.3, -0.25) is 4.79 Å². The smallest absolute Gasteiger partial charge is 0.267 e. The van der Waals surface area contributed by atoms with Crippen molar-refractivity contribution >= 4 is 18.3 Å². The summed E-state index contributed by atoms with van der Waals surface area (Å²) in [5.74, 6) is -0.0136. The van der Waals surface area contributed by atoms with Crippen molar-refractivity contribution in [3.8, 4) is 0 Å². The third-order valence-corrected chi connectivity index (χ3v) is 2.73. The van der Waals surface area contributed by atoms with Gasteiger partial charge in [0.2, 0.25) is 0 Å². The van der Waals surface area contributed by atoms with Crippen LogP contribution in [0.3, 0.4) is 0 Å². The molecule has 0 aliphatic heterocycles. The Labute approximate surface area is 109 Å². The first-order chi connectivity index (χ1) is 7.56. The van der Waals surface area contributed by atoms with Gasteiger partial charge in [-0.25, -0.2) is 0 Å². The number of hydrogen-bond acceptors (Lipinski definition) is 2. The summed E-state index contributed by atoms with van der Waals surface area (Å²) in [6.45, 7) is 7.66. The molecular formula is C12H22ClN3O. The van der Waals surface area contributed by atoms with Crippen molar-refractivity contribution in [2.24, 2.45) is 7.05 Å². The number of aromatic nitrogens is 1. The van der Waals surface area contributed by atoms with E-state index in [-0.39, 0.29) is 18.3 Å². The van der Waals surface area contributed by atoms with Gasteiger partial charge in [-0.2, -0.15) is 0 Å². The van der Waals surface area contributed by atoms with Gasteiger partial charge >= 0.3 is 0 Å². The summed E-state index contributed by atoms with van der Waals surface area (Å²) < 4.78 is 1.90. The molecule has 0 spiro atoms. The number of nitrogens with one attached hydrogen (secondary N) is 2. The Kier molecular flexibility index (Phi) is 6.92. The summed E-state index contributed by atoms with van der Waals surface area (Å²) in [5, 5.41) is 6.17. The molecule has 0 aliphatic carbocycles. The van der Waals surface area contributed by atoms with Gasteiger partial charge in [0.25, 0.3) is 5.91 Å². The van der Waals surface area contributed by atoms with Crippen LogP contribution >= 0.6 is 12.4 Å². The van der Waals surface area contributed by atoms with Gasteiger partial charge < -0.3 is 15.2 Å². The quantitative estimate of drug-likeness (QED) is 0.842. The first-order valence-corrected chi connectivity index (χ1v) is 5.70. The van der Waals surface area contributed by atoms with Crippen LogP contribution in [0, 0.1) is 6.92 Å². The molecule has 0 aromatic carbocycles. The molecule has 98 valence electrons. The number of carbonyl (C=O) groups excluding carboxylic acids is 1. The maximum atomic E-state index is 11.8. The Morgan fingerprint density at radius 3 is 2.59 bits per heavy atom. The van der Waals surface area contributed by atoms with Gasteiger partial charge in [0.15, 0.2) is 0 Å². The van der Waals surface area contributed by atoms with E-state index in [0.29, 0.717) is 18.3 Å². The van der Waals surface area contributed by atoms with Gasteiger partial charge in [-0.1, -0.05) is 6.92 Å². The lowest BCUT2D eigenvalue weighted by Crippen LogP contribution is -2.39. The minimum absolute atomic E-state index is 0. The van der Waals surface area contributed by atoms with E-state index < -0.39 is 0 Å². The SMILES string of the molecule is CCN[C@H](C)CNC(=O)c1ccc(C)n1C.Cl. The second kappa shape index (κ2) is 7.35. The summed E-state index contributed by atoms with van der Waals surface area (Å²) in [7, 11) is 1.90. The molecule has 5 heteroatoms. The van der Waals surface area contributed by atoms with E-state index in [1.54, 1.807) is 0 Å². The van der Waals surface area contributed by atoms with Crippen LogP contribution in [0.2, 0.25) is 0 Å². The molecule has 1 aromatic heterocycles. The molecule has 0 aliphatic rings. The van der Waals surface area contributed by atoms with Crippen molar-refractivity contribution in [3.63, 3.8) is 0 Å². The highest BCUT2D eigenvalue weighted by atomic mass is 35.5. The lowest BCUT2D eigenvalue weighted by Gasteiger charge is -2.13. The van der Waals surface area contributed by atoms with Crippen LogP contribution in [0.1, 0.15) is 30.0 Å². The molecule has 0 fully saturated rings. The predicted molar refractivity (Wildman–Crippen MR) is 72.9 cm³/mol. The molecule has 0 saturated heterocycles. The number of aryl methyl sites for hydroxylation is 1. The Morgan fingerprint density at radius 1 is 1.47 bits per heavy atom. The van der Waals surface area contributed by atoms with Crippen LogP contribution in [0.15, 0.2) is 12.1 Å². The normalized spacial score (nSPS) is 11.8. The predicted octanol–water partition coefficient (Wildman–Crippen LogP) is 1.48. The second-order valence-electron chi connectivity index (χ2n) is 4.09. The average molecular weight is 260 g/mol. The fourth-order valence-electron chi connectivity index (χ4n) is 1.60. The molecule has 1 aromatic rings. The molecule has 1 rings (SSSR count). The van der Waals surface area contributed by atoms with Crippen LogP contribution in [0.5, 0.6) is 0 Å². The van der Waals surface area contributed by atoms with Crippen LogP contribution in [-0.2, 0) is 7.05 Å².